The Kier molecular flexibility index (Phi) is 4.46. The minimum Gasteiger partial charge on any atom is -0.494 e. The van der Waals surface area contributed by atoms with Gasteiger partial charge in [0, 0.05) is 36.0 Å². The van der Waals surface area contributed by atoms with Crippen molar-refractivity contribution >= 4 is 34.1 Å². The van der Waals surface area contributed by atoms with Crippen LogP contribution in [0.4, 0.5) is 0 Å². The van der Waals surface area contributed by atoms with E-state index in [1.165, 1.54) is 0 Å². The molecule has 3 heterocycles. The average molecular weight is 371 g/mol. The number of aromatic amines is 1. The lowest BCUT2D eigenvalue weighted by Gasteiger charge is -2.00. The van der Waals surface area contributed by atoms with Gasteiger partial charge in [0.2, 0.25) is 0 Å². The van der Waals surface area contributed by atoms with Gasteiger partial charge in [0.05, 0.1) is 29.5 Å². The molecule has 0 aliphatic carbocycles. The maximum absolute atomic E-state index is 5.53. The Morgan fingerprint density at radius 3 is 3.04 bits per heavy atom. The van der Waals surface area contributed by atoms with E-state index in [0.29, 0.717) is 6.61 Å². The second-order valence-electron chi connectivity index (χ2n) is 5.49. The zero-order valence-corrected chi connectivity index (χ0v) is 15.5. The number of benzene rings is 1. The molecule has 0 saturated carbocycles. The number of nitrogens with zero attached hydrogens (tertiary/aromatic N) is 4. The van der Waals surface area contributed by atoms with Gasteiger partial charge in [0.15, 0.2) is 5.16 Å². The predicted octanol–water partition coefficient (Wildman–Crippen LogP) is 4.11. The van der Waals surface area contributed by atoms with Crippen LogP contribution in [0, 0.1) is 0 Å². The van der Waals surface area contributed by atoms with Crippen molar-refractivity contribution in [2.24, 2.45) is 7.05 Å². The lowest BCUT2D eigenvalue weighted by Crippen LogP contribution is -1.90. The van der Waals surface area contributed by atoms with E-state index in [4.69, 9.17) is 4.74 Å². The molecular weight excluding hydrogens is 354 g/mol. The van der Waals surface area contributed by atoms with Crippen molar-refractivity contribution in [3.05, 3.63) is 41.7 Å². The van der Waals surface area contributed by atoms with Crippen molar-refractivity contribution in [2.75, 3.05) is 6.61 Å². The quantitative estimate of drug-likeness (QED) is 0.517. The van der Waals surface area contributed by atoms with Crippen molar-refractivity contribution in [3.8, 4) is 16.3 Å². The molecule has 4 rings (SSSR count). The number of thioether (sulfide) groups is 1. The van der Waals surface area contributed by atoms with Gasteiger partial charge in [-0.1, -0.05) is 11.8 Å². The highest BCUT2D eigenvalue weighted by molar-refractivity contribution is 7.98. The molecule has 0 amide bonds. The molecule has 25 heavy (non-hydrogen) atoms. The van der Waals surface area contributed by atoms with Gasteiger partial charge in [-0.3, -0.25) is 4.68 Å². The summed E-state index contributed by atoms with van der Waals surface area (Å²) in [6.07, 6.45) is 3.82. The fourth-order valence-corrected chi connectivity index (χ4v) is 4.15. The van der Waals surface area contributed by atoms with Crippen molar-refractivity contribution in [1.82, 2.24) is 24.7 Å². The van der Waals surface area contributed by atoms with Crippen LogP contribution in [0.5, 0.6) is 5.75 Å². The minimum absolute atomic E-state index is 0.657. The molecule has 8 heteroatoms. The number of H-pyrrole nitrogens is 1. The summed E-state index contributed by atoms with van der Waals surface area (Å²) in [5, 5.41) is 8.17. The highest BCUT2D eigenvalue weighted by Crippen LogP contribution is 2.28. The number of nitrogens with one attached hydrogen (secondary N) is 1. The number of aromatic nitrogens is 5. The first-order valence-electron chi connectivity index (χ1n) is 7.90. The number of rotatable bonds is 6. The summed E-state index contributed by atoms with van der Waals surface area (Å²) in [5.74, 6) is 1.63. The molecule has 1 aromatic carbocycles. The third kappa shape index (κ3) is 3.54. The summed E-state index contributed by atoms with van der Waals surface area (Å²) in [6.45, 7) is 2.64. The van der Waals surface area contributed by atoms with E-state index in [1.54, 1.807) is 27.8 Å². The summed E-state index contributed by atoms with van der Waals surface area (Å²) in [5.41, 5.74) is 4.03. The summed E-state index contributed by atoms with van der Waals surface area (Å²) in [6, 6.07) is 5.91. The Labute approximate surface area is 153 Å². The average Bonchev–Trinajstić information content (AvgIpc) is 3.31. The van der Waals surface area contributed by atoms with Crippen LogP contribution in [0.2, 0.25) is 0 Å². The van der Waals surface area contributed by atoms with Crippen LogP contribution in [0.25, 0.3) is 21.6 Å². The molecule has 0 atom stereocenters. The molecule has 6 nitrogen and oxygen atoms in total. The molecule has 0 spiro atoms. The third-order valence-corrected chi connectivity index (χ3v) is 5.45. The predicted molar refractivity (Wildman–Crippen MR) is 101 cm³/mol. The molecule has 4 aromatic rings. The topological polar surface area (TPSA) is 68.6 Å². The first-order chi connectivity index (χ1) is 12.2. The Morgan fingerprint density at radius 1 is 1.32 bits per heavy atom. The van der Waals surface area contributed by atoms with Crippen LogP contribution >= 0.6 is 23.1 Å². The molecule has 0 fully saturated rings. The van der Waals surface area contributed by atoms with Crippen LogP contribution in [0.3, 0.4) is 0 Å². The molecule has 128 valence electrons. The van der Waals surface area contributed by atoms with Crippen LogP contribution in [-0.4, -0.2) is 31.3 Å². The smallest absolute Gasteiger partial charge is 0.166 e. The van der Waals surface area contributed by atoms with Crippen molar-refractivity contribution in [1.29, 1.82) is 0 Å². The number of fused-ring (bicyclic) bond motifs is 1. The van der Waals surface area contributed by atoms with Gasteiger partial charge in [-0.05, 0) is 19.1 Å². The summed E-state index contributed by atoms with van der Waals surface area (Å²) in [4.78, 5) is 12.6. The number of hydrogen-bond acceptors (Lipinski definition) is 6. The van der Waals surface area contributed by atoms with Gasteiger partial charge in [0.1, 0.15) is 10.8 Å². The number of aryl methyl sites for hydroxylation is 1. The third-order valence-electron chi connectivity index (χ3n) is 3.60. The van der Waals surface area contributed by atoms with E-state index in [2.05, 4.69) is 25.4 Å². The van der Waals surface area contributed by atoms with Crippen LogP contribution in [0.1, 0.15) is 12.6 Å². The molecule has 3 aromatic heterocycles. The van der Waals surface area contributed by atoms with Gasteiger partial charge >= 0.3 is 0 Å². The Hall–Kier alpha value is -2.32. The zero-order valence-electron chi connectivity index (χ0n) is 13.9. The second-order valence-corrected chi connectivity index (χ2v) is 7.31. The first-order valence-corrected chi connectivity index (χ1v) is 9.76. The van der Waals surface area contributed by atoms with Crippen molar-refractivity contribution < 1.29 is 4.74 Å². The number of imidazole rings is 1. The number of ether oxygens (including phenoxy) is 1. The fourth-order valence-electron chi connectivity index (χ4n) is 2.47. The zero-order chi connectivity index (χ0) is 17.2. The van der Waals surface area contributed by atoms with Gasteiger partial charge < -0.3 is 9.72 Å². The van der Waals surface area contributed by atoms with Gasteiger partial charge in [0.25, 0.3) is 0 Å². The monoisotopic (exact) mass is 371 g/mol. The van der Waals surface area contributed by atoms with E-state index in [1.807, 2.05) is 44.6 Å². The number of hydrogen-bond donors (Lipinski definition) is 1. The van der Waals surface area contributed by atoms with E-state index in [9.17, 15) is 0 Å². The summed E-state index contributed by atoms with van der Waals surface area (Å²) < 4.78 is 7.32. The van der Waals surface area contributed by atoms with E-state index in [-0.39, 0.29) is 0 Å². The summed E-state index contributed by atoms with van der Waals surface area (Å²) in [7, 11) is 1.91. The van der Waals surface area contributed by atoms with Gasteiger partial charge in [-0.15, -0.1) is 11.3 Å². The van der Waals surface area contributed by atoms with Crippen molar-refractivity contribution in [2.45, 2.75) is 17.8 Å². The molecular formula is C17H17N5OS2. The Morgan fingerprint density at radius 2 is 2.24 bits per heavy atom. The number of thiazole rings is 1. The molecule has 0 aliphatic heterocycles. The van der Waals surface area contributed by atoms with Gasteiger partial charge in [-0.25, -0.2) is 9.97 Å². The van der Waals surface area contributed by atoms with Crippen LogP contribution in [-0.2, 0) is 12.8 Å². The molecule has 0 saturated heterocycles. The minimum atomic E-state index is 0.657. The lowest BCUT2D eigenvalue weighted by atomic mass is 10.3. The lowest BCUT2D eigenvalue weighted by molar-refractivity contribution is 0.340. The molecule has 0 aliphatic rings. The normalized spacial score (nSPS) is 11.3. The van der Waals surface area contributed by atoms with E-state index < -0.39 is 0 Å². The van der Waals surface area contributed by atoms with Crippen molar-refractivity contribution in [3.63, 3.8) is 0 Å². The molecule has 0 unspecified atom stereocenters. The first kappa shape index (κ1) is 16.2. The Balaban J connectivity index is 1.46. The largest absolute Gasteiger partial charge is 0.494 e. The highest BCUT2D eigenvalue weighted by Gasteiger charge is 2.09. The molecule has 1 N–H and O–H groups in total. The maximum atomic E-state index is 5.53. The maximum Gasteiger partial charge on any atom is 0.166 e. The standard InChI is InChI=1S/C17H17N5OS2/c1-3-23-13-4-5-14-15(6-13)21-17(20-14)25-10-12-9-24-16(19-12)11-7-18-22(2)8-11/h4-9H,3,10H2,1-2H3,(H,20,21). The van der Waals surface area contributed by atoms with Gasteiger partial charge in [-0.2, -0.15) is 5.10 Å². The SMILES string of the molecule is CCOc1ccc2nc(SCc3csc(-c4cnn(C)c4)n3)[nH]c2c1. The van der Waals surface area contributed by atoms with Crippen LogP contribution in [0.15, 0.2) is 41.1 Å². The van der Waals surface area contributed by atoms with E-state index in [0.717, 1.165) is 44.0 Å². The molecule has 0 bridgehead atoms. The Bertz CT molecular complexity index is 1000. The highest BCUT2D eigenvalue weighted by atomic mass is 32.2. The fraction of sp³-hybridized carbons (Fsp3) is 0.235. The van der Waals surface area contributed by atoms with E-state index >= 15 is 0 Å². The summed E-state index contributed by atoms with van der Waals surface area (Å²) >= 11 is 3.29. The second kappa shape index (κ2) is 6.89. The molecule has 0 radical (unpaired) electrons. The van der Waals surface area contributed by atoms with Crippen LogP contribution < -0.4 is 4.74 Å².